The lowest BCUT2D eigenvalue weighted by Crippen LogP contribution is -2.14. The summed E-state index contributed by atoms with van der Waals surface area (Å²) in [5.41, 5.74) is 5.26. The fourth-order valence-corrected chi connectivity index (χ4v) is 0.902. The van der Waals surface area contributed by atoms with Gasteiger partial charge in [-0.3, -0.25) is 5.01 Å². The normalized spacial score (nSPS) is 11.2. The van der Waals surface area contributed by atoms with Crippen LogP contribution in [-0.4, -0.2) is 71.8 Å². The Morgan fingerprint density at radius 1 is 0.882 bits per heavy atom. The van der Waals surface area contributed by atoms with Crippen molar-refractivity contribution in [3.05, 3.63) is 0 Å². The SMILES string of the molecule is CN(C)N=NCCOCCOCCOCCN. The predicted molar refractivity (Wildman–Crippen MR) is 64.9 cm³/mol. The summed E-state index contributed by atoms with van der Waals surface area (Å²) in [6.45, 7) is 4.53. The molecule has 0 aliphatic carbocycles. The van der Waals surface area contributed by atoms with Crippen LogP contribution in [0.3, 0.4) is 0 Å². The Kier molecular flexibility index (Phi) is 12.7. The minimum atomic E-state index is 0.546. The first-order chi connectivity index (χ1) is 8.27. The second-order valence-corrected chi connectivity index (χ2v) is 3.43. The number of rotatable bonds is 12. The number of nitrogens with two attached hydrogens (primary N) is 1. The molecule has 0 saturated carbocycles. The van der Waals surface area contributed by atoms with E-state index in [0.29, 0.717) is 52.7 Å². The van der Waals surface area contributed by atoms with Crippen molar-refractivity contribution in [2.45, 2.75) is 0 Å². The summed E-state index contributed by atoms with van der Waals surface area (Å²) in [6, 6.07) is 0. The minimum Gasteiger partial charge on any atom is -0.378 e. The standard InChI is InChI=1S/C10H24N4O3/c1-14(2)13-12-4-6-16-8-10-17-9-7-15-5-3-11/h3-11H2,1-2H3. The van der Waals surface area contributed by atoms with Gasteiger partial charge in [0.25, 0.3) is 0 Å². The number of ether oxygens (including phenoxy) is 3. The molecule has 7 nitrogen and oxygen atoms in total. The lowest BCUT2D eigenvalue weighted by atomic mass is 10.7. The Bertz CT molecular complexity index is 179. The topological polar surface area (TPSA) is 81.7 Å². The highest BCUT2D eigenvalue weighted by Gasteiger charge is 1.90. The van der Waals surface area contributed by atoms with Crippen molar-refractivity contribution in [3.8, 4) is 0 Å². The molecule has 102 valence electrons. The van der Waals surface area contributed by atoms with E-state index >= 15 is 0 Å². The van der Waals surface area contributed by atoms with Gasteiger partial charge in [-0.2, -0.15) is 5.11 Å². The molecule has 0 aromatic carbocycles. The average molecular weight is 248 g/mol. The Hall–Kier alpha value is -0.760. The van der Waals surface area contributed by atoms with E-state index in [-0.39, 0.29) is 0 Å². The Balaban J connectivity index is 2.99. The molecule has 0 aliphatic heterocycles. The van der Waals surface area contributed by atoms with Gasteiger partial charge >= 0.3 is 0 Å². The highest BCUT2D eigenvalue weighted by Crippen LogP contribution is 1.83. The van der Waals surface area contributed by atoms with Crippen LogP contribution in [0.4, 0.5) is 0 Å². The first-order valence-electron chi connectivity index (χ1n) is 5.75. The van der Waals surface area contributed by atoms with E-state index in [1.165, 1.54) is 0 Å². The van der Waals surface area contributed by atoms with Crippen LogP contribution in [0, 0.1) is 0 Å². The molecular formula is C10H24N4O3. The largest absolute Gasteiger partial charge is 0.378 e. The molecule has 0 aliphatic rings. The molecule has 0 bridgehead atoms. The summed E-state index contributed by atoms with van der Waals surface area (Å²) in [4.78, 5) is 0. The quantitative estimate of drug-likeness (QED) is 0.297. The van der Waals surface area contributed by atoms with E-state index in [1.807, 2.05) is 14.1 Å². The fraction of sp³-hybridized carbons (Fsp3) is 1.00. The molecule has 0 radical (unpaired) electrons. The van der Waals surface area contributed by atoms with E-state index in [2.05, 4.69) is 10.3 Å². The van der Waals surface area contributed by atoms with Crippen molar-refractivity contribution in [1.29, 1.82) is 0 Å². The molecular weight excluding hydrogens is 224 g/mol. The van der Waals surface area contributed by atoms with Crippen LogP contribution in [0.15, 0.2) is 10.3 Å². The summed E-state index contributed by atoms with van der Waals surface area (Å²) in [5, 5.41) is 9.36. The molecule has 0 spiro atoms. The van der Waals surface area contributed by atoms with E-state index in [4.69, 9.17) is 19.9 Å². The van der Waals surface area contributed by atoms with Gasteiger partial charge in [0, 0.05) is 20.6 Å². The first-order valence-corrected chi connectivity index (χ1v) is 5.75. The Labute approximate surface area is 103 Å². The maximum absolute atomic E-state index is 5.29. The van der Waals surface area contributed by atoms with Crippen LogP contribution in [0.5, 0.6) is 0 Å². The zero-order valence-corrected chi connectivity index (χ0v) is 10.8. The van der Waals surface area contributed by atoms with E-state index in [0.717, 1.165) is 0 Å². The third-order valence-electron chi connectivity index (χ3n) is 1.58. The third kappa shape index (κ3) is 15.2. The van der Waals surface area contributed by atoms with Gasteiger partial charge in [-0.25, -0.2) is 0 Å². The fourth-order valence-electron chi connectivity index (χ4n) is 0.902. The zero-order chi connectivity index (χ0) is 12.8. The van der Waals surface area contributed by atoms with Crippen LogP contribution in [0.1, 0.15) is 0 Å². The molecule has 0 saturated heterocycles. The molecule has 0 heterocycles. The molecule has 17 heavy (non-hydrogen) atoms. The van der Waals surface area contributed by atoms with Crippen molar-refractivity contribution < 1.29 is 14.2 Å². The van der Waals surface area contributed by atoms with E-state index in [1.54, 1.807) is 5.01 Å². The zero-order valence-electron chi connectivity index (χ0n) is 10.8. The summed E-state index contributed by atoms with van der Waals surface area (Å²) in [7, 11) is 3.65. The van der Waals surface area contributed by atoms with Gasteiger partial charge < -0.3 is 19.9 Å². The molecule has 0 aromatic rings. The van der Waals surface area contributed by atoms with Crippen molar-refractivity contribution >= 4 is 0 Å². The van der Waals surface area contributed by atoms with Crippen LogP contribution in [0.25, 0.3) is 0 Å². The highest BCUT2D eigenvalue weighted by atomic mass is 16.5. The van der Waals surface area contributed by atoms with Crippen molar-refractivity contribution in [3.63, 3.8) is 0 Å². The lowest BCUT2D eigenvalue weighted by molar-refractivity contribution is 0.0173. The molecule has 0 rings (SSSR count). The third-order valence-corrected chi connectivity index (χ3v) is 1.58. The number of hydrogen-bond donors (Lipinski definition) is 1. The van der Waals surface area contributed by atoms with Gasteiger partial charge in [-0.1, -0.05) is 5.22 Å². The van der Waals surface area contributed by atoms with Gasteiger partial charge in [0.15, 0.2) is 0 Å². The monoisotopic (exact) mass is 248 g/mol. The molecule has 0 unspecified atom stereocenters. The second kappa shape index (κ2) is 13.3. The Morgan fingerprint density at radius 2 is 1.41 bits per heavy atom. The van der Waals surface area contributed by atoms with Crippen LogP contribution in [-0.2, 0) is 14.2 Å². The van der Waals surface area contributed by atoms with Crippen LogP contribution < -0.4 is 5.73 Å². The number of nitrogens with zero attached hydrogens (tertiary/aromatic N) is 3. The summed E-state index contributed by atoms with van der Waals surface area (Å²) in [5.74, 6) is 0. The maximum atomic E-state index is 5.29. The average Bonchev–Trinajstić information content (AvgIpc) is 2.30. The minimum absolute atomic E-state index is 0.546. The summed E-state index contributed by atoms with van der Waals surface area (Å²) in [6.07, 6.45) is 0. The smallest absolute Gasteiger partial charge is 0.0854 e. The van der Waals surface area contributed by atoms with Gasteiger partial charge in [-0.15, -0.1) is 0 Å². The molecule has 0 amide bonds. The molecule has 7 heteroatoms. The molecule has 2 N–H and O–H groups in total. The van der Waals surface area contributed by atoms with Gasteiger partial charge in [0.05, 0.1) is 46.2 Å². The molecule has 0 fully saturated rings. The maximum Gasteiger partial charge on any atom is 0.0854 e. The number of hydrogen-bond acceptors (Lipinski definition) is 6. The summed E-state index contributed by atoms with van der Waals surface area (Å²) < 4.78 is 15.7. The highest BCUT2D eigenvalue weighted by molar-refractivity contribution is 4.38. The second-order valence-electron chi connectivity index (χ2n) is 3.43. The molecule has 0 atom stereocenters. The van der Waals surface area contributed by atoms with Crippen molar-refractivity contribution in [1.82, 2.24) is 5.01 Å². The van der Waals surface area contributed by atoms with Crippen LogP contribution in [0.2, 0.25) is 0 Å². The van der Waals surface area contributed by atoms with E-state index in [9.17, 15) is 0 Å². The van der Waals surface area contributed by atoms with E-state index < -0.39 is 0 Å². The van der Waals surface area contributed by atoms with Gasteiger partial charge in [-0.05, 0) is 0 Å². The predicted octanol–water partition coefficient (Wildman–Crippen LogP) is -0.0763. The van der Waals surface area contributed by atoms with Crippen molar-refractivity contribution in [2.75, 3.05) is 66.8 Å². The van der Waals surface area contributed by atoms with Crippen LogP contribution >= 0.6 is 0 Å². The van der Waals surface area contributed by atoms with Gasteiger partial charge in [0.2, 0.25) is 0 Å². The Morgan fingerprint density at radius 3 is 1.94 bits per heavy atom. The summed E-state index contributed by atoms with van der Waals surface area (Å²) >= 11 is 0. The van der Waals surface area contributed by atoms with Gasteiger partial charge in [0.1, 0.15) is 0 Å². The molecule has 0 aromatic heterocycles. The van der Waals surface area contributed by atoms with Crippen molar-refractivity contribution in [2.24, 2.45) is 16.1 Å². The lowest BCUT2D eigenvalue weighted by Gasteiger charge is -2.05. The first kappa shape index (κ1) is 16.2.